The summed E-state index contributed by atoms with van der Waals surface area (Å²) in [7, 11) is 2.18. The van der Waals surface area contributed by atoms with Crippen molar-refractivity contribution in [2.75, 3.05) is 7.05 Å². The number of fused-ring (bicyclic) bond motifs is 5. The van der Waals surface area contributed by atoms with Crippen molar-refractivity contribution in [2.45, 2.75) is 50.5 Å². The van der Waals surface area contributed by atoms with Crippen molar-refractivity contribution in [1.29, 1.82) is 0 Å². The molecule has 1 aromatic rings. The lowest BCUT2D eigenvalue weighted by Gasteiger charge is -2.27. The molecule has 4 aliphatic rings. The normalized spacial score (nSPS) is 41.7. The molecule has 0 heterocycles. The summed E-state index contributed by atoms with van der Waals surface area (Å²) in [4.78, 5) is 0. The molecule has 112 valence electrons. The second-order valence-corrected chi connectivity index (χ2v) is 8.13. The maximum absolute atomic E-state index is 3.68. The molecule has 0 saturated heterocycles. The lowest BCUT2D eigenvalue weighted by molar-refractivity contribution is 0.384. The summed E-state index contributed by atoms with van der Waals surface area (Å²) in [6.45, 7) is 0. The largest absolute Gasteiger partial charge is 0.313 e. The third kappa shape index (κ3) is 1.79. The van der Waals surface area contributed by atoms with Crippen molar-refractivity contribution < 1.29 is 0 Å². The highest BCUT2D eigenvalue weighted by Gasteiger charge is 2.66. The lowest BCUT2D eigenvalue weighted by atomic mass is 9.79. The maximum atomic E-state index is 3.68. The minimum absolute atomic E-state index is 0.614. The molecular weight excluding hydrogens is 254 g/mol. The Bertz CT molecular complexity index is 531. The van der Waals surface area contributed by atoms with Gasteiger partial charge in [-0.2, -0.15) is 0 Å². The molecule has 21 heavy (non-hydrogen) atoms. The summed E-state index contributed by atoms with van der Waals surface area (Å²) in [5, 5.41) is 3.68. The average Bonchev–Trinajstić information content (AvgIpc) is 2.87. The molecule has 0 amide bonds. The Morgan fingerprint density at radius 3 is 2.43 bits per heavy atom. The van der Waals surface area contributed by atoms with Crippen molar-refractivity contribution >= 4 is 0 Å². The van der Waals surface area contributed by atoms with Crippen molar-refractivity contribution in [3.8, 4) is 0 Å². The van der Waals surface area contributed by atoms with Crippen molar-refractivity contribution in [3.63, 3.8) is 0 Å². The number of rotatable bonds is 4. The summed E-state index contributed by atoms with van der Waals surface area (Å²) >= 11 is 0. The van der Waals surface area contributed by atoms with Gasteiger partial charge in [-0.3, -0.25) is 0 Å². The molecule has 2 bridgehead atoms. The number of hydrogen-bond donors (Lipinski definition) is 1. The standard InChI is InChI=1S/C20H27N/c1-21-20(19-17-14-8-9-15(11-14)18(17)19)16-7-3-6-13(10-16)12-4-2-5-12/h3,6-7,10,12,14-15,17-21H,2,4-5,8-9,11H2,1H3. The van der Waals surface area contributed by atoms with Crippen LogP contribution in [-0.4, -0.2) is 7.05 Å². The fourth-order valence-corrected chi connectivity index (χ4v) is 6.17. The highest BCUT2D eigenvalue weighted by atomic mass is 14.9. The van der Waals surface area contributed by atoms with Gasteiger partial charge in [0.15, 0.2) is 0 Å². The van der Waals surface area contributed by atoms with E-state index in [9.17, 15) is 0 Å². The molecule has 5 atom stereocenters. The lowest BCUT2D eigenvalue weighted by Crippen LogP contribution is -2.22. The molecule has 5 unspecified atom stereocenters. The van der Waals surface area contributed by atoms with Crippen molar-refractivity contribution in [3.05, 3.63) is 35.4 Å². The molecule has 4 aliphatic carbocycles. The first-order valence-electron chi connectivity index (χ1n) is 9.14. The van der Waals surface area contributed by atoms with Crippen molar-refractivity contribution in [2.24, 2.45) is 29.6 Å². The second kappa shape index (κ2) is 4.59. The van der Waals surface area contributed by atoms with E-state index in [0.29, 0.717) is 6.04 Å². The predicted octanol–water partition coefficient (Wildman–Crippen LogP) is 4.51. The van der Waals surface area contributed by atoms with E-state index in [4.69, 9.17) is 0 Å². The molecular formula is C20H27N. The van der Waals surface area contributed by atoms with Crippen LogP contribution in [0, 0.1) is 29.6 Å². The van der Waals surface area contributed by atoms with Gasteiger partial charge in [0, 0.05) is 6.04 Å². The Hall–Kier alpha value is -0.820. The fraction of sp³-hybridized carbons (Fsp3) is 0.700. The first-order valence-corrected chi connectivity index (χ1v) is 9.14. The molecule has 1 aromatic carbocycles. The van der Waals surface area contributed by atoms with E-state index in [1.165, 1.54) is 32.1 Å². The summed E-state index contributed by atoms with van der Waals surface area (Å²) in [6, 6.07) is 10.2. The Labute approximate surface area is 128 Å². The smallest absolute Gasteiger partial charge is 0.0351 e. The van der Waals surface area contributed by atoms with Gasteiger partial charge in [0.1, 0.15) is 0 Å². The van der Waals surface area contributed by atoms with Crippen LogP contribution in [0.3, 0.4) is 0 Å². The Kier molecular flexibility index (Phi) is 2.77. The number of nitrogens with one attached hydrogen (secondary N) is 1. The van der Waals surface area contributed by atoms with Gasteiger partial charge in [0.25, 0.3) is 0 Å². The van der Waals surface area contributed by atoms with E-state index >= 15 is 0 Å². The van der Waals surface area contributed by atoms with Crippen LogP contribution in [0.25, 0.3) is 0 Å². The van der Waals surface area contributed by atoms with E-state index in [-0.39, 0.29) is 0 Å². The summed E-state index contributed by atoms with van der Waals surface area (Å²) in [6.07, 6.45) is 8.87. The number of hydrogen-bond acceptors (Lipinski definition) is 1. The quantitative estimate of drug-likeness (QED) is 0.856. The molecule has 0 spiro atoms. The summed E-state index contributed by atoms with van der Waals surface area (Å²) in [5.74, 6) is 6.09. The van der Waals surface area contributed by atoms with Crippen LogP contribution in [-0.2, 0) is 0 Å². The van der Waals surface area contributed by atoms with Crippen LogP contribution >= 0.6 is 0 Å². The topological polar surface area (TPSA) is 12.0 Å². The van der Waals surface area contributed by atoms with Crippen LogP contribution in [0.5, 0.6) is 0 Å². The maximum Gasteiger partial charge on any atom is 0.0351 e. The van der Waals surface area contributed by atoms with E-state index in [1.807, 2.05) is 0 Å². The highest BCUT2D eigenvalue weighted by molar-refractivity contribution is 5.32. The van der Waals surface area contributed by atoms with Gasteiger partial charge in [0.2, 0.25) is 0 Å². The average molecular weight is 281 g/mol. The molecule has 4 saturated carbocycles. The minimum Gasteiger partial charge on any atom is -0.313 e. The minimum atomic E-state index is 0.614. The van der Waals surface area contributed by atoms with Gasteiger partial charge in [-0.15, -0.1) is 0 Å². The van der Waals surface area contributed by atoms with Gasteiger partial charge >= 0.3 is 0 Å². The zero-order valence-corrected chi connectivity index (χ0v) is 13.1. The molecule has 0 aliphatic heterocycles. The Balaban J connectivity index is 1.40. The molecule has 1 nitrogen and oxygen atoms in total. The zero-order chi connectivity index (χ0) is 14.0. The van der Waals surface area contributed by atoms with Crippen LogP contribution in [0.2, 0.25) is 0 Å². The van der Waals surface area contributed by atoms with Crippen LogP contribution in [0.1, 0.15) is 61.6 Å². The van der Waals surface area contributed by atoms with Crippen LogP contribution in [0.15, 0.2) is 24.3 Å². The van der Waals surface area contributed by atoms with E-state index in [2.05, 4.69) is 36.6 Å². The molecule has 5 rings (SSSR count). The van der Waals surface area contributed by atoms with E-state index in [1.54, 1.807) is 17.5 Å². The monoisotopic (exact) mass is 281 g/mol. The predicted molar refractivity (Wildman–Crippen MR) is 86.1 cm³/mol. The Morgan fingerprint density at radius 2 is 1.81 bits per heavy atom. The first kappa shape index (κ1) is 12.7. The van der Waals surface area contributed by atoms with Crippen LogP contribution in [0.4, 0.5) is 0 Å². The number of benzene rings is 1. The first-order chi connectivity index (χ1) is 10.4. The van der Waals surface area contributed by atoms with Gasteiger partial charge in [-0.1, -0.05) is 30.7 Å². The van der Waals surface area contributed by atoms with Gasteiger partial charge < -0.3 is 5.32 Å². The third-order valence-corrected chi connectivity index (χ3v) is 7.34. The molecule has 0 radical (unpaired) electrons. The molecule has 4 fully saturated rings. The second-order valence-electron chi connectivity index (χ2n) is 8.13. The molecule has 1 N–H and O–H groups in total. The molecule has 0 aromatic heterocycles. The SMILES string of the molecule is CNC(c1cccc(C2CCC2)c1)C1C2C3CCC(C3)C21. The summed E-state index contributed by atoms with van der Waals surface area (Å²) in [5.41, 5.74) is 3.17. The third-order valence-electron chi connectivity index (χ3n) is 7.34. The van der Waals surface area contributed by atoms with Crippen LogP contribution < -0.4 is 5.32 Å². The van der Waals surface area contributed by atoms with E-state index in [0.717, 1.165) is 35.5 Å². The van der Waals surface area contributed by atoms with Gasteiger partial charge in [-0.05, 0) is 85.8 Å². The van der Waals surface area contributed by atoms with Gasteiger partial charge in [0.05, 0.1) is 0 Å². The zero-order valence-electron chi connectivity index (χ0n) is 13.1. The van der Waals surface area contributed by atoms with E-state index < -0.39 is 0 Å². The van der Waals surface area contributed by atoms with Gasteiger partial charge in [-0.25, -0.2) is 0 Å². The highest BCUT2D eigenvalue weighted by Crippen LogP contribution is 2.72. The fourth-order valence-electron chi connectivity index (χ4n) is 6.17. The summed E-state index contributed by atoms with van der Waals surface area (Å²) < 4.78 is 0. The van der Waals surface area contributed by atoms with Crippen molar-refractivity contribution in [1.82, 2.24) is 5.32 Å². The molecule has 1 heteroatoms. The Morgan fingerprint density at radius 1 is 1.05 bits per heavy atom.